The van der Waals surface area contributed by atoms with Gasteiger partial charge in [-0.05, 0) is 30.5 Å². The Labute approximate surface area is 193 Å². The molecule has 0 bridgehead atoms. The SMILES string of the molecule is Cc1cccc(COc2ccc(-c3ncc4c(n3)CCN(CC(C)CC(=O)O)C4)c(F)c2)c1. The van der Waals surface area contributed by atoms with Crippen LogP contribution in [-0.4, -0.2) is 39.0 Å². The average Bonchev–Trinajstić information content (AvgIpc) is 2.77. The second kappa shape index (κ2) is 10.1. The zero-order valence-corrected chi connectivity index (χ0v) is 18.9. The zero-order valence-electron chi connectivity index (χ0n) is 18.9. The van der Waals surface area contributed by atoms with Gasteiger partial charge in [-0.25, -0.2) is 14.4 Å². The highest BCUT2D eigenvalue weighted by Gasteiger charge is 2.21. The highest BCUT2D eigenvalue weighted by molar-refractivity contribution is 5.67. The van der Waals surface area contributed by atoms with Gasteiger partial charge >= 0.3 is 5.97 Å². The number of hydrogen-bond acceptors (Lipinski definition) is 5. The summed E-state index contributed by atoms with van der Waals surface area (Å²) in [5, 5.41) is 8.96. The molecule has 3 aromatic rings. The molecule has 0 spiro atoms. The van der Waals surface area contributed by atoms with Gasteiger partial charge < -0.3 is 9.84 Å². The minimum Gasteiger partial charge on any atom is -0.489 e. The molecule has 7 heteroatoms. The molecule has 33 heavy (non-hydrogen) atoms. The molecule has 0 saturated carbocycles. The van der Waals surface area contributed by atoms with Crippen LogP contribution in [0.5, 0.6) is 5.75 Å². The van der Waals surface area contributed by atoms with Crippen molar-refractivity contribution in [3.63, 3.8) is 0 Å². The lowest BCUT2D eigenvalue weighted by molar-refractivity contribution is -0.138. The Kier molecular flexibility index (Phi) is 6.99. The Balaban J connectivity index is 1.42. The van der Waals surface area contributed by atoms with Crippen molar-refractivity contribution < 1.29 is 19.0 Å². The van der Waals surface area contributed by atoms with Crippen LogP contribution in [0.4, 0.5) is 4.39 Å². The van der Waals surface area contributed by atoms with E-state index in [1.165, 1.54) is 6.07 Å². The zero-order chi connectivity index (χ0) is 23.4. The fourth-order valence-corrected chi connectivity index (χ4v) is 4.20. The van der Waals surface area contributed by atoms with E-state index in [1.807, 2.05) is 38.1 Å². The van der Waals surface area contributed by atoms with E-state index < -0.39 is 11.8 Å². The van der Waals surface area contributed by atoms with Gasteiger partial charge in [-0.3, -0.25) is 9.69 Å². The second-order valence-corrected chi connectivity index (χ2v) is 8.77. The largest absolute Gasteiger partial charge is 0.489 e. The summed E-state index contributed by atoms with van der Waals surface area (Å²) >= 11 is 0. The van der Waals surface area contributed by atoms with E-state index in [4.69, 9.17) is 9.84 Å². The van der Waals surface area contributed by atoms with Crippen molar-refractivity contribution in [3.8, 4) is 17.1 Å². The van der Waals surface area contributed by atoms with Gasteiger partial charge in [0.2, 0.25) is 0 Å². The van der Waals surface area contributed by atoms with E-state index in [9.17, 15) is 9.18 Å². The molecule has 1 unspecified atom stereocenters. The van der Waals surface area contributed by atoms with E-state index in [-0.39, 0.29) is 12.3 Å². The number of carboxylic acid groups (broad SMARTS) is 1. The van der Waals surface area contributed by atoms with E-state index in [1.54, 1.807) is 18.3 Å². The van der Waals surface area contributed by atoms with E-state index in [0.717, 1.165) is 35.3 Å². The van der Waals surface area contributed by atoms with Crippen molar-refractivity contribution >= 4 is 5.97 Å². The maximum atomic E-state index is 14.9. The minimum absolute atomic E-state index is 0.0741. The summed E-state index contributed by atoms with van der Waals surface area (Å²) in [5.41, 5.74) is 4.45. The fraction of sp³-hybridized carbons (Fsp3) is 0.346. The minimum atomic E-state index is -0.776. The van der Waals surface area contributed by atoms with Gasteiger partial charge in [0.25, 0.3) is 0 Å². The molecule has 4 rings (SSSR count). The molecule has 1 aliphatic rings. The van der Waals surface area contributed by atoms with Crippen molar-refractivity contribution in [2.45, 2.75) is 39.8 Å². The number of nitrogens with zero attached hydrogens (tertiary/aromatic N) is 3. The number of carboxylic acids is 1. The number of halogens is 1. The van der Waals surface area contributed by atoms with Crippen LogP contribution < -0.4 is 4.74 Å². The van der Waals surface area contributed by atoms with E-state index in [2.05, 4.69) is 14.9 Å². The molecule has 0 aliphatic carbocycles. The molecule has 172 valence electrons. The Hall–Kier alpha value is -3.32. The number of hydrogen-bond donors (Lipinski definition) is 1. The number of benzene rings is 2. The lowest BCUT2D eigenvalue weighted by atomic mass is 10.0. The number of fused-ring (bicyclic) bond motifs is 1. The number of aliphatic carboxylic acids is 1. The van der Waals surface area contributed by atoms with Crippen molar-refractivity contribution in [2.24, 2.45) is 5.92 Å². The van der Waals surface area contributed by atoms with Gasteiger partial charge in [-0.1, -0.05) is 36.8 Å². The highest BCUT2D eigenvalue weighted by atomic mass is 19.1. The summed E-state index contributed by atoms with van der Waals surface area (Å²) in [4.78, 5) is 22.2. The Morgan fingerprint density at radius 1 is 1.27 bits per heavy atom. The second-order valence-electron chi connectivity index (χ2n) is 8.77. The molecule has 0 fully saturated rings. The lowest BCUT2D eigenvalue weighted by Crippen LogP contribution is -2.35. The summed E-state index contributed by atoms with van der Waals surface area (Å²) in [6.07, 6.45) is 2.64. The molecule has 1 aliphatic heterocycles. The molecule has 1 atom stereocenters. The van der Waals surface area contributed by atoms with Crippen molar-refractivity contribution in [1.82, 2.24) is 14.9 Å². The van der Waals surface area contributed by atoms with Gasteiger partial charge in [0.15, 0.2) is 5.82 Å². The summed E-state index contributed by atoms with van der Waals surface area (Å²) in [5.74, 6) is -0.297. The number of aryl methyl sites for hydroxylation is 1. The van der Waals surface area contributed by atoms with Crippen LogP contribution >= 0.6 is 0 Å². The average molecular weight is 450 g/mol. The molecular formula is C26H28FN3O3. The third kappa shape index (κ3) is 5.93. The predicted octanol–water partition coefficient (Wildman–Crippen LogP) is 4.64. The van der Waals surface area contributed by atoms with E-state index in [0.29, 0.717) is 36.8 Å². The van der Waals surface area contributed by atoms with Gasteiger partial charge in [-0.15, -0.1) is 0 Å². The smallest absolute Gasteiger partial charge is 0.303 e. The number of ether oxygens (including phenoxy) is 1. The maximum Gasteiger partial charge on any atom is 0.303 e. The Bertz CT molecular complexity index is 1150. The number of rotatable bonds is 8. The Morgan fingerprint density at radius 3 is 2.88 bits per heavy atom. The summed E-state index contributed by atoms with van der Waals surface area (Å²) in [6.45, 7) is 6.52. The van der Waals surface area contributed by atoms with Crippen molar-refractivity contribution in [3.05, 3.63) is 76.9 Å². The van der Waals surface area contributed by atoms with E-state index >= 15 is 0 Å². The normalized spacial score (nSPS) is 14.5. The third-order valence-electron chi connectivity index (χ3n) is 5.78. The first-order chi connectivity index (χ1) is 15.9. The molecule has 2 heterocycles. The molecule has 0 radical (unpaired) electrons. The molecule has 6 nitrogen and oxygen atoms in total. The molecule has 2 aromatic carbocycles. The first-order valence-electron chi connectivity index (χ1n) is 11.1. The van der Waals surface area contributed by atoms with Crippen LogP contribution in [0.25, 0.3) is 11.4 Å². The Morgan fingerprint density at radius 2 is 2.12 bits per heavy atom. The van der Waals surface area contributed by atoms with Gasteiger partial charge in [0.05, 0.1) is 11.3 Å². The van der Waals surface area contributed by atoms with Crippen LogP contribution in [0.3, 0.4) is 0 Å². The summed E-state index contributed by atoms with van der Waals surface area (Å²) in [7, 11) is 0. The molecular weight excluding hydrogens is 421 g/mol. The standard InChI is InChI=1S/C26H28FN3O3/c1-17-4-3-5-19(10-17)16-33-21-6-7-22(23(27)12-21)26-28-13-20-15-30(9-8-24(20)29-26)14-18(2)11-25(31)32/h3-7,10,12-13,18H,8-9,11,14-16H2,1-2H3,(H,31,32). The number of carbonyl (C=O) groups is 1. The quantitative estimate of drug-likeness (QED) is 0.540. The lowest BCUT2D eigenvalue weighted by Gasteiger charge is -2.29. The van der Waals surface area contributed by atoms with Crippen molar-refractivity contribution in [1.29, 1.82) is 0 Å². The third-order valence-corrected chi connectivity index (χ3v) is 5.78. The number of aromatic nitrogens is 2. The van der Waals surface area contributed by atoms with Crippen molar-refractivity contribution in [2.75, 3.05) is 13.1 Å². The van der Waals surface area contributed by atoms with Gasteiger partial charge in [0, 0.05) is 50.3 Å². The first kappa shape index (κ1) is 22.9. The van der Waals surface area contributed by atoms with Crippen LogP contribution in [0.15, 0.2) is 48.7 Å². The maximum absolute atomic E-state index is 14.9. The first-order valence-corrected chi connectivity index (χ1v) is 11.1. The van der Waals surface area contributed by atoms with Crippen LogP contribution in [0.1, 0.15) is 35.7 Å². The molecule has 1 aromatic heterocycles. The fourth-order valence-electron chi connectivity index (χ4n) is 4.20. The summed E-state index contributed by atoms with van der Waals surface area (Å²) < 4.78 is 20.6. The highest BCUT2D eigenvalue weighted by Crippen LogP contribution is 2.26. The van der Waals surface area contributed by atoms with Crippen LogP contribution in [-0.2, 0) is 24.4 Å². The monoisotopic (exact) mass is 449 g/mol. The van der Waals surface area contributed by atoms with Crippen LogP contribution in [0.2, 0.25) is 0 Å². The van der Waals surface area contributed by atoms with Gasteiger partial charge in [0.1, 0.15) is 18.2 Å². The van der Waals surface area contributed by atoms with Crippen LogP contribution in [0, 0.1) is 18.7 Å². The topological polar surface area (TPSA) is 75.6 Å². The predicted molar refractivity (Wildman–Crippen MR) is 123 cm³/mol. The molecule has 1 N–H and O–H groups in total. The molecule has 0 amide bonds. The van der Waals surface area contributed by atoms with Gasteiger partial charge in [-0.2, -0.15) is 0 Å². The summed E-state index contributed by atoms with van der Waals surface area (Å²) in [6, 6.07) is 12.8. The molecule has 0 saturated heterocycles.